The zero-order valence-electron chi connectivity index (χ0n) is 28.1. The van der Waals surface area contributed by atoms with Crippen LogP contribution >= 0.6 is 0 Å². The van der Waals surface area contributed by atoms with Crippen LogP contribution in [0.15, 0.2) is 42.1 Å². The average Bonchev–Trinajstić information content (AvgIpc) is 2.97. The zero-order chi connectivity index (χ0) is 36.2. The van der Waals surface area contributed by atoms with Crippen molar-refractivity contribution in [3.05, 3.63) is 47.7 Å². The molecule has 48 heavy (non-hydrogen) atoms. The lowest BCUT2D eigenvalue weighted by Gasteiger charge is -2.50. The number of likely N-dealkylation sites (tertiary alicyclic amines) is 1. The fourth-order valence-corrected chi connectivity index (χ4v) is 4.83. The maximum Gasteiger partial charge on any atom is 0.412 e. The first kappa shape index (κ1) is 39.0. The Morgan fingerprint density at radius 3 is 1.81 bits per heavy atom. The molecule has 0 spiro atoms. The van der Waals surface area contributed by atoms with Crippen LogP contribution in [0.5, 0.6) is 0 Å². The molecule has 2 rings (SSSR count). The van der Waals surface area contributed by atoms with Crippen LogP contribution in [0.2, 0.25) is 0 Å². The minimum Gasteiger partial charge on any atom is -0.464 e. The number of esters is 5. The molecule has 1 saturated heterocycles. The van der Waals surface area contributed by atoms with Crippen molar-refractivity contribution in [2.24, 2.45) is 0 Å². The summed E-state index contributed by atoms with van der Waals surface area (Å²) in [4.78, 5) is 89.3. The Hall–Kier alpha value is -5.15. The van der Waals surface area contributed by atoms with Gasteiger partial charge in [-0.2, -0.15) is 0 Å². The molecule has 1 aliphatic heterocycles. The van der Waals surface area contributed by atoms with Gasteiger partial charge in [-0.15, -0.1) is 0 Å². The number of hydrogen-bond acceptors (Lipinski definition) is 14. The van der Waals surface area contributed by atoms with E-state index in [1.165, 1.54) is 6.08 Å². The number of methoxy groups -OCH3 is 1. The Kier molecular flexibility index (Phi) is 14.4. The van der Waals surface area contributed by atoms with Crippen LogP contribution in [-0.2, 0) is 63.7 Å². The second-order valence-corrected chi connectivity index (χ2v) is 11.6. The van der Waals surface area contributed by atoms with Gasteiger partial charge in [-0.1, -0.05) is 36.4 Å². The van der Waals surface area contributed by atoms with E-state index in [1.807, 2.05) is 0 Å². The molecule has 1 aliphatic rings. The summed E-state index contributed by atoms with van der Waals surface area (Å²) in [6.07, 6.45) is -5.89. The van der Waals surface area contributed by atoms with Crippen molar-refractivity contribution < 1.29 is 66.7 Å². The molecule has 16 heteroatoms. The van der Waals surface area contributed by atoms with E-state index in [4.69, 9.17) is 33.2 Å². The molecule has 264 valence electrons. The van der Waals surface area contributed by atoms with E-state index in [0.29, 0.717) is 5.56 Å². The molecule has 5 atom stereocenters. The third-order valence-electron chi connectivity index (χ3n) is 6.50. The molecular weight excluding hydrogens is 636 g/mol. The van der Waals surface area contributed by atoms with Crippen molar-refractivity contribution in [2.45, 2.75) is 97.5 Å². The van der Waals surface area contributed by atoms with E-state index < -0.39 is 90.3 Å². The van der Waals surface area contributed by atoms with Gasteiger partial charge in [-0.3, -0.25) is 29.4 Å². The Balaban J connectivity index is 2.77. The van der Waals surface area contributed by atoms with Gasteiger partial charge < -0.3 is 33.2 Å². The molecular formula is C32H42N2O14. The van der Waals surface area contributed by atoms with Gasteiger partial charge in [0.2, 0.25) is 0 Å². The number of piperidine rings is 1. The number of carbonyl (C=O) groups excluding carboxylic acids is 7. The summed E-state index contributed by atoms with van der Waals surface area (Å²) in [5, 5.41) is 2.30. The highest BCUT2D eigenvalue weighted by molar-refractivity contribution is 5.92. The van der Waals surface area contributed by atoms with Gasteiger partial charge >= 0.3 is 42.0 Å². The van der Waals surface area contributed by atoms with E-state index in [-0.39, 0.29) is 13.0 Å². The van der Waals surface area contributed by atoms with Gasteiger partial charge in [0.15, 0.2) is 18.3 Å². The van der Waals surface area contributed by atoms with Gasteiger partial charge in [-0.05, 0) is 32.8 Å². The Bertz CT molecular complexity index is 1370. The summed E-state index contributed by atoms with van der Waals surface area (Å²) < 4.78 is 37.5. The van der Waals surface area contributed by atoms with Gasteiger partial charge in [0, 0.05) is 27.7 Å². The van der Waals surface area contributed by atoms with E-state index in [9.17, 15) is 33.6 Å². The summed E-state index contributed by atoms with van der Waals surface area (Å²) in [6, 6.07) is 5.88. The summed E-state index contributed by atoms with van der Waals surface area (Å²) >= 11 is 0. The predicted octanol–water partition coefficient (Wildman–Crippen LogP) is 2.71. The number of hydrogen-bond donors (Lipinski definition) is 1. The summed E-state index contributed by atoms with van der Waals surface area (Å²) in [7, 11) is 1.07. The van der Waals surface area contributed by atoms with E-state index >= 15 is 0 Å². The molecule has 1 N–H and O–H groups in total. The van der Waals surface area contributed by atoms with Crippen molar-refractivity contribution in [2.75, 3.05) is 13.7 Å². The second-order valence-electron chi connectivity index (χ2n) is 11.6. The number of ether oxygens (including phenoxy) is 7. The van der Waals surface area contributed by atoms with Gasteiger partial charge in [0.1, 0.15) is 30.6 Å². The Morgan fingerprint density at radius 1 is 0.771 bits per heavy atom. The third-order valence-corrected chi connectivity index (χ3v) is 6.50. The number of alkyl carbamates (subject to hydrolysis) is 1. The molecule has 1 heterocycles. The lowest BCUT2D eigenvalue weighted by atomic mass is 9.85. The zero-order valence-corrected chi connectivity index (χ0v) is 28.1. The van der Waals surface area contributed by atoms with Gasteiger partial charge in [0.05, 0.1) is 13.2 Å². The summed E-state index contributed by atoms with van der Waals surface area (Å²) in [5.41, 5.74) is -0.730. The van der Waals surface area contributed by atoms with Gasteiger partial charge in [0.25, 0.3) is 0 Å². The summed E-state index contributed by atoms with van der Waals surface area (Å²) in [6.45, 7) is 8.31. The maximum atomic E-state index is 14.0. The van der Waals surface area contributed by atoms with Crippen molar-refractivity contribution in [1.29, 1.82) is 0 Å². The molecule has 0 unspecified atom stereocenters. The predicted molar refractivity (Wildman–Crippen MR) is 163 cm³/mol. The first-order valence-corrected chi connectivity index (χ1v) is 14.9. The fraction of sp³-hybridized carbons (Fsp3) is 0.531. The normalized spacial score (nSPS) is 20.8. The standard InChI is InChI=1S/C32H42N2O14/c1-18(35)43-17-25-27(46-20(3)37)28(47-21(4)38)26(45-19(2)36)24(34(25)31(41)44-16-22-12-10-9-11-13-22)15-14-23(29(39)42-8)33-30(40)48-32(5,6)7/h9-14,24-28H,15-17H2,1-8H3,(H,33,40)/b23-14-/t24-,25-,26+,27-,28-/m1/s1. The number of benzene rings is 1. The molecule has 1 aromatic rings. The largest absolute Gasteiger partial charge is 0.464 e. The molecule has 2 amide bonds. The second kappa shape index (κ2) is 17.7. The maximum absolute atomic E-state index is 14.0. The third kappa shape index (κ3) is 12.2. The first-order chi connectivity index (χ1) is 22.4. The topological polar surface area (TPSA) is 199 Å². The highest BCUT2D eigenvalue weighted by atomic mass is 16.6. The van der Waals surface area contributed by atoms with Crippen molar-refractivity contribution in [1.82, 2.24) is 10.2 Å². The van der Waals surface area contributed by atoms with E-state index in [1.54, 1.807) is 51.1 Å². The molecule has 0 aromatic heterocycles. The average molecular weight is 679 g/mol. The van der Waals surface area contributed by atoms with Crippen LogP contribution < -0.4 is 5.32 Å². The lowest BCUT2D eigenvalue weighted by Crippen LogP contribution is -2.71. The number of rotatable bonds is 11. The lowest BCUT2D eigenvalue weighted by molar-refractivity contribution is -0.214. The van der Waals surface area contributed by atoms with Crippen LogP contribution in [0.1, 0.15) is 60.5 Å². The quantitative estimate of drug-likeness (QED) is 0.203. The Labute approximate surface area is 277 Å². The summed E-state index contributed by atoms with van der Waals surface area (Å²) in [5.74, 6) is -4.35. The number of amides is 2. The van der Waals surface area contributed by atoms with Crippen LogP contribution in [0.4, 0.5) is 9.59 Å². The van der Waals surface area contributed by atoms with Gasteiger partial charge in [-0.25, -0.2) is 14.4 Å². The van der Waals surface area contributed by atoms with Crippen LogP contribution in [0, 0.1) is 0 Å². The molecule has 1 aromatic carbocycles. The molecule has 16 nitrogen and oxygen atoms in total. The minimum atomic E-state index is -1.55. The van der Waals surface area contributed by atoms with Crippen molar-refractivity contribution in [3.8, 4) is 0 Å². The SMILES string of the molecule is COC(=O)/C(=C/C[C@@H]1[C@H](OC(C)=O)[C@@H](OC(C)=O)[C@H](OC(C)=O)[C@@H](COC(C)=O)N1C(=O)OCc1ccccc1)NC(=O)OC(C)(C)C. The molecule has 1 fully saturated rings. The van der Waals surface area contributed by atoms with E-state index in [0.717, 1.165) is 39.7 Å². The number of nitrogens with one attached hydrogen (secondary N) is 1. The minimum absolute atomic E-state index is 0.226. The Morgan fingerprint density at radius 2 is 1.31 bits per heavy atom. The van der Waals surface area contributed by atoms with E-state index in [2.05, 4.69) is 5.32 Å². The smallest absolute Gasteiger partial charge is 0.412 e. The van der Waals surface area contributed by atoms with Crippen LogP contribution in [0.3, 0.4) is 0 Å². The highest BCUT2D eigenvalue weighted by Crippen LogP contribution is 2.34. The number of nitrogens with zero attached hydrogens (tertiary/aromatic N) is 1. The van der Waals surface area contributed by atoms with Crippen molar-refractivity contribution in [3.63, 3.8) is 0 Å². The molecule has 0 bridgehead atoms. The highest BCUT2D eigenvalue weighted by Gasteiger charge is 2.56. The monoisotopic (exact) mass is 678 g/mol. The fourth-order valence-electron chi connectivity index (χ4n) is 4.83. The molecule has 0 radical (unpaired) electrons. The van der Waals surface area contributed by atoms with Crippen LogP contribution in [-0.4, -0.2) is 96.6 Å². The molecule has 0 saturated carbocycles. The van der Waals surface area contributed by atoms with Crippen LogP contribution in [0.25, 0.3) is 0 Å². The first-order valence-electron chi connectivity index (χ1n) is 14.9. The number of carbonyl (C=O) groups is 7. The molecule has 0 aliphatic carbocycles. The van der Waals surface area contributed by atoms with Crippen molar-refractivity contribution >= 4 is 42.0 Å².